The number of halogens is 1. The van der Waals surface area contributed by atoms with Crippen LogP contribution in [-0.4, -0.2) is 55.1 Å². The summed E-state index contributed by atoms with van der Waals surface area (Å²) in [6.45, 7) is 9.48. The highest BCUT2D eigenvalue weighted by atomic mass is 19.1. The Morgan fingerprint density at radius 3 is 2.92 bits per heavy atom. The zero-order valence-corrected chi connectivity index (χ0v) is 14.6. The van der Waals surface area contributed by atoms with Crippen molar-refractivity contribution in [1.82, 2.24) is 9.80 Å². The van der Waals surface area contributed by atoms with E-state index in [0.29, 0.717) is 32.1 Å². The Morgan fingerprint density at radius 1 is 1.33 bits per heavy atom. The first-order chi connectivity index (χ1) is 11.5. The first-order valence-electron chi connectivity index (χ1n) is 8.78. The maximum absolute atomic E-state index is 13.4. The fraction of sp³-hybridized carbons (Fsp3) is 0.632. The number of hydrogen-bond donors (Lipinski definition) is 0. The van der Waals surface area contributed by atoms with E-state index in [1.54, 1.807) is 12.1 Å². The Labute approximate surface area is 143 Å². The molecule has 2 saturated heterocycles. The Hall–Kier alpha value is -1.46. The highest BCUT2D eigenvalue weighted by Gasteiger charge is 2.45. The third-order valence-corrected chi connectivity index (χ3v) is 4.81. The normalized spacial score (nSPS) is 25.7. The molecule has 2 aliphatic rings. The van der Waals surface area contributed by atoms with Crippen LogP contribution in [-0.2, 0) is 16.1 Å². The van der Waals surface area contributed by atoms with Crippen LogP contribution in [0.5, 0.6) is 0 Å². The molecule has 1 amide bonds. The van der Waals surface area contributed by atoms with Crippen LogP contribution < -0.4 is 0 Å². The third kappa shape index (κ3) is 4.14. The second-order valence-electron chi connectivity index (χ2n) is 7.74. The van der Waals surface area contributed by atoms with Crippen molar-refractivity contribution >= 4 is 5.91 Å². The standard InChI is InChI=1S/C19H27FN2O2/c1-15(2)10-22-13-19(9-18(22)23)12-21(6-7-24-14-19)11-16-4-3-5-17(20)8-16/h3-5,8,15H,6-7,9-14H2,1-2H3/t19-/m0/s1. The van der Waals surface area contributed by atoms with Crippen LogP contribution in [0.2, 0.25) is 0 Å². The molecule has 1 aromatic carbocycles. The topological polar surface area (TPSA) is 32.8 Å². The molecule has 1 aromatic rings. The van der Waals surface area contributed by atoms with Gasteiger partial charge in [-0.05, 0) is 23.6 Å². The number of ether oxygens (including phenoxy) is 1. The van der Waals surface area contributed by atoms with E-state index in [4.69, 9.17) is 4.74 Å². The van der Waals surface area contributed by atoms with E-state index in [0.717, 1.165) is 31.7 Å². The number of carbonyl (C=O) groups excluding carboxylic acids is 1. The molecule has 0 unspecified atom stereocenters. The highest BCUT2D eigenvalue weighted by molar-refractivity contribution is 5.79. The Kier molecular flexibility index (Phi) is 5.21. The minimum atomic E-state index is -0.201. The molecule has 2 fully saturated rings. The summed E-state index contributed by atoms with van der Waals surface area (Å²) in [5.41, 5.74) is 0.839. The lowest BCUT2D eigenvalue weighted by Gasteiger charge is -2.31. The predicted molar refractivity (Wildman–Crippen MR) is 91.0 cm³/mol. The molecular formula is C19H27FN2O2. The van der Waals surface area contributed by atoms with Gasteiger partial charge in [0.2, 0.25) is 5.91 Å². The quantitative estimate of drug-likeness (QED) is 0.848. The number of rotatable bonds is 4. The molecule has 24 heavy (non-hydrogen) atoms. The number of benzene rings is 1. The molecule has 2 heterocycles. The molecule has 0 bridgehead atoms. The van der Waals surface area contributed by atoms with Crippen molar-refractivity contribution in [3.8, 4) is 0 Å². The van der Waals surface area contributed by atoms with Gasteiger partial charge >= 0.3 is 0 Å². The summed E-state index contributed by atoms with van der Waals surface area (Å²) in [5.74, 6) is 0.506. The van der Waals surface area contributed by atoms with Gasteiger partial charge < -0.3 is 9.64 Å². The van der Waals surface area contributed by atoms with Crippen molar-refractivity contribution in [1.29, 1.82) is 0 Å². The lowest BCUT2D eigenvalue weighted by molar-refractivity contribution is -0.128. The number of amides is 1. The summed E-state index contributed by atoms with van der Waals surface area (Å²) >= 11 is 0. The van der Waals surface area contributed by atoms with Gasteiger partial charge in [0.15, 0.2) is 0 Å². The third-order valence-electron chi connectivity index (χ3n) is 4.81. The van der Waals surface area contributed by atoms with Crippen molar-refractivity contribution in [2.75, 3.05) is 39.4 Å². The lowest BCUT2D eigenvalue weighted by Crippen LogP contribution is -2.41. The Balaban J connectivity index is 1.70. The molecular weight excluding hydrogens is 307 g/mol. The van der Waals surface area contributed by atoms with Crippen LogP contribution in [0.3, 0.4) is 0 Å². The van der Waals surface area contributed by atoms with Crippen LogP contribution in [0.15, 0.2) is 24.3 Å². The van der Waals surface area contributed by atoms with Crippen molar-refractivity contribution in [3.63, 3.8) is 0 Å². The Bertz CT molecular complexity index is 592. The molecule has 4 nitrogen and oxygen atoms in total. The van der Waals surface area contributed by atoms with Gasteiger partial charge in [0.25, 0.3) is 0 Å². The van der Waals surface area contributed by atoms with E-state index in [1.807, 2.05) is 11.0 Å². The molecule has 5 heteroatoms. The molecule has 0 aromatic heterocycles. The van der Waals surface area contributed by atoms with Crippen LogP contribution in [0.1, 0.15) is 25.8 Å². The van der Waals surface area contributed by atoms with E-state index < -0.39 is 0 Å². The largest absolute Gasteiger partial charge is 0.379 e. The summed E-state index contributed by atoms with van der Waals surface area (Å²) in [7, 11) is 0. The fourth-order valence-corrected chi connectivity index (χ4v) is 3.90. The summed E-state index contributed by atoms with van der Waals surface area (Å²) in [6, 6.07) is 6.75. The molecule has 3 rings (SSSR count). The second kappa shape index (κ2) is 7.19. The van der Waals surface area contributed by atoms with Gasteiger partial charge in [0.05, 0.1) is 13.2 Å². The molecule has 1 spiro atoms. The Morgan fingerprint density at radius 2 is 2.17 bits per heavy atom. The number of hydrogen-bond acceptors (Lipinski definition) is 3. The van der Waals surface area contributed by atoms with Gasteiger partial charge in [-0.15, -0.1) is 0 Å². The second-order valence-corrected chi connectivity index (χ2v) is 7.74. The lowest BCUT2D eigenvalue weighted by atomic mass is 9.87. The van der Waals surface area contributed by atoms with Crippen LogP contribution >= 0.6 is 0 Å². The van der Waals surface area contributed by atoms with E-state index in [9.17, 15) is 9.18 Å². The number of carbonyl (C=O) groups is 1. The van der Waals surface area contributed by atoms with Crippen molar-refractivity contribution in [2.45, 2.75) is 26.8 Å². The minimum absolute atomic E-state index is 0.129. The maximum atomic E-state index is 13.4. The molecule has 0 saturated carbocycles. The van der Waals surface area contributed by atoms with Gasteiger partial charge in [-0.1, -0.05) is 26.0 Å². The zero-order valence-electron chi connectivity index (χ0n) is 14.6. The average molecular weight is 334 g/mol. The maximum Gasteiger partial charge on any atom is 0.223 e. The SMILES string of the molecule is CC(C)CN1C[C@]2(COCCN(Cc3cccc(F)c3)C2)CC1=O. The fourth-order valence-electron chi connectivity index (χ4n) is 3.90. The van der Waals surface area contributed by atoms with Crippen LogP contribution in [0, 0.1) is 17.2 Å². The van der Waals surface area contributed by atoms with Gasteiger partial charge in [0.1, 0.15) is 5.82 Å². The van der Waals surface area contributed by atoms with Gasteiger partial charge in [-0.3, -0.25) is 9.69 Å². The van der Waals surface area contributed by atoms with Gasteiger partial charge in [-0.2, -0.15) is 0 Å². The van der Waals surface area contributed by atoms with Gasteiger partial charge in [0, 0.05) is 44.6 Å². The van der Waals surface area contributed by atoms with E-state index >= 15 is 0 Å². The average Bonchev–Trinajstić information content (AvgIpc) is 2.66. The van der Waals surface area contributed by atoms with Gasteiger partial charge in [-0.25, -0.2) is 4.39 Å². The summed E-state index contributed by atoms with van der Waals surface area (Å²) < 4.78 is 19.3. The van der Waals surface area contributed by atoms with Crippen molar-refractivity contribution in [3.05, 3.63) is 35.6 Å². The number of nitrogens with zero attached hydrogens (tertiary/aromatic N) is 2. The molecule has 0 aliphatic carbocycles. The monoisotopic (exact) mass is 334 g/mol. The smallest absolute Gasteiger partial charge is 0.223 e. The van der Waals surface area contributed by atoms with E-state index in [2.05, 4.69) is 18.7 Å². The molecule has 1 atom stereocenters. The van der Waals surface area contributed by atoms with Crippen molar-refractivity contribution in [2.24, 2.45) is 11.3 Å². The van der Waals surface area contributed by atoms with Crippen LogP contribution in [0.4, 0.5) is 4.39 Å². The van der Waals surface area contributed by atoms with Crippen molar-refractivity contribution < 1.29 is 13.9 Å². The zero-order chi connectivity index (χ0) is 17.2. The molecule has 0 radical (unpaired) electrons. The number of likely N-dealkylation sites (tertiary alicyclic amines) is 1. The van der Waals surface area contributed by atoms with E-state index in [-0.39, 0.29) is 17.1 Å². The first kappa shape index (κ1) is 17.4. The molecule has 132 valence electrons. The first-order valence-corrected chi connectivity index (χ1v) is 8.78. The highest BCUT2D eigenvalue weighted by Crippen LogP contribution is 2.35. The summed E-state index contributed by atoms with van der Waals surface area (Å²) in [5, 5.41) is 0. The van der Waals surface area contributed by atoms with E-state index in [1.165, 1.54) is 6.07 Å². The summed E-state index contributed by atoms with van der Waals surface area (Å²) in [4.78, 5) is 16.7. The minimum Gasteiger partial charge on any atom is -0.379 e. The summed E-state index contributed by atoms with van der Waals surface area (Å²) in [6.07, 6.45) is 0.555. The molecule has 0 N–H and O–H groups in total. The predicted octanol–water partition coefficient (Wildman–Crippen LogP) is 2.53. The van der Waals surface area contributed by atoms with Crippen LogP contribution in [0.25, 0.3) is 0 Å². The molecule has 2 aliphatic heterocycles.